The Kier molecular flexibility index (Phi) is 12.0. The number of carbonyl (C=O) groups is 1. The molecule has 138 valence electrons. The molecule has 0 saturated carbocycles. The number of rotatable bonds is 7. The van der Waals surface area contributed by atoms with Crippen molar-refractivity contribution in [2.24, 2.45) is 5.92 Å². The number of hydrogen-bond donors (Lipinski definition) is 3. The lowest BCUT2D eigenvalue weighted by Crippen LogP contribution is -2.38. The van der Waals surface area contributed by atoms with E-state index in [0.717, 1.165) is 31.1 Å². The second kappa shape index (κ2) is 12.5. The van der Waals surface area contributed by atoms with E-state index in [1.807, 2.05) is 0 Å². The Hall–Kier alpha value is -0.880. The van der Waals surface area contributed by atoms with Crippen molar-refractivity contribution >= 4 is 48.0 Å². The van der Waals surface area contributed by atoms with Crippen LogP contribution in [-0.4, -0.2) is 39.2 Å². The van der Waals surface area contributed by atoms with Crippen LogP contribution in [0.25, 0.3) is 0 Å². The molecule has 1 aromatic rings. The minimum atomic E-state index is 0. The third-order valence-electron chi connectivity index (χ3n) is 3.82. The molecule has 1 aromatic carbocycles. The van der Waals surface area contributed by atoms with E-state index in [1.165, 1.54) is 12.8 Å². The predicted molar refractivity (Wildman–Crippen MR) is 104 cm³/mol. The summed E-state index contributed by atoms with van der Waals surface area (Å²) in [7, 11) is 1.61. The molecule has 24 heavy (non-hydrogen) atoms. The third kappa shape index (κ3) is 7.79. The summed E-state index contributed by atoms with van der Waals surface area (Å²) in [5, 5.41) is 10.2. The van der Waals surface area contributed by atoms with Crippen molar-refractivity contribution in [1.82, 2.24) is 10.6 Å². The normalized spacial score (nSPS) is 16.3. The van der Waals surface area contributed by atoms with Crippen LogP contribution in [0.15, 0.2) is 18.2 Å². The van der Waals surface area contributed by atoms with Gasteiger partial charge in [-0.1, -0.05) is 11.6 Å². The van der Waals surface area contributed by atoms with Crippen molar-refractivity contribution in [3.05, 3.63) is 23.2 Å². The fraction of sp³-hybridized carbons (Fsp3) is 0.562. The first-order valence-corrected chi connectivity index (χ1v) is 8.11. The van der Waals surface area contributed by atoms with E-state index in [9.17, 15) is 4.79 Å². The number of methoxy groups -OCH3 is 1. The van der Waals surface area contributed by atoms with Crippen molar-refractivity contribution in [2.45, 2.75) is 19.3 Å². The topological polar surface area (TPSA) is 62.4 Å². The zero-order valence-electron chi connectivity index (χ0n) is 13.8. The zero-order valence-corrected chi connectivity index (χ0v) is 16.2. The molecule has 2 rings (SSSR count). The quantitative estimate of drug-likeness (QED) is 0.660. The maximum Gasteiger partial charge on any atom is 0.221 e. The van der Waals surface area contributed by atoms with E-state index in [4.69, 9.17) is 16.3 Å². The molecule has 1 aliphatic rings. The number of amides is 1. The van der Waals surface area contributed by atoms with Crippen LogP contribution in [0.5, 0.6) is 5.75 Å². The first kappa shape index (κ1) is 23.1. The van der Waals surface area contributed by atoms with Crippen LogP contribution in [-0.2, 0) is 4.79 Å². The highest BCUT2D eigenvalue weighted by molar-refractivity contribution is 6.30. The van der Waals surface area contributed by atoms with E-state index in [2.05, 4.69) is 16.0 Å². The molecule has 0 aromatic heterocycles. The SMILES string of the molecule is COc1ccc(Cl)cc1NCCC(=O)NCC1CCCNC1.Cl.Cl. The second-order valence-corrected chi connectivity index (χ2v) is 5.97. The molecule has 0 radical (unpaired) electrons. The molecule has 0 spiro atoms. The van der Waals surface area contributed by atoms with Gasteiger partial charge in [0.25, 0.3) is 0 Å². The molecule has 1 saturated heterocycles. The Morgan fingerprint density at radius 3 is 2.88 bits per heavy atom. The van der Waals surface area contributed by atoms with Crippen LogP contribution in [0.2, 0.25) is 5.02 Å². The van der Waals surface area contributed by atoms with Gasteiger partial charge < -0.3 is 20.7 Å². The molecule has 1 atom stereocenters. The van der Waals surface area contributed by atoms with Crippen LogP contribution in [0, 0.1) is 5.92 Å². The maximum absolute atomic E-state index is 11.9. The Morgan fingerprint density at radius 2 is 2.21 bits per heavy atom. The Bertz CT molecular complexity index is 497. The molecule has 1 aliphatic heterocycles. The summed E-state index contributed by atoms with van der Waals surface area (Å²) >= 11 is 5.97. The van der Waals surface area contributed by atoms with Crippen molar-refractivity contribution in [3.63, 3.8) is 0 Å². The van der Waals surface area contributed by atoms with Gasteiger partial charge in [0, 0.05) is 24.5 Å². The van der Waals surface area contributed by atoms with Gasteiger partial charge in [-0.2, -0.15) is 0 Å². The molecule has 1 heterocycles. The van der Waals surface area contributed by atoms with Crippen molar-refractivity contribution in [2.75, 3.05) is 38.6 Å². The summed E-state index contributed by atoms with van der Waals surface area (Å²) in [4.78, 5) is 11.9. The van der Waals surface area contributed by atoms with Crippen LogP contribution in [0.4, 0.5) is 5.69 Å². The average Bonchev–Trinajstić information content (AvgIpc) is 2.54. The van der Waals surface area contributed by atoms with E-state index in [0.29, 0.717) is 23.9 Å². The Morgan fingerprint density at radius 1 is 1.42 bits per heavy atom. The molecule has 1 amide bonds. The van der Waals surface area contributed by atoms with Crippen LogP contribution in [0.1, 0.15) is 19.3 Å². The van der Waals surface area contributed by atoms with Crippen LogP contribution in [0.3, 0.4) is 0 Å². The number of piperidine rings is 1. The number of hydrogen-bond acceptors (Lipinski definition) is 4. The number of carbonyl (C=O) groups excluding carboxylic acids is 1. The molecule has 3 N–H and O–H groups in total. The van der Waals surface area contributed by atoms with Gasteiger partial charge in [0.2, 0.25) is 5.91 Å². The highest BCUT2D eigenvalue weighted by Crippen LogP contribution is 2.27. The molecule has 1 fully saturated rings. The van der Waals surface area contributed by atoms with Gasteiger partial charge in [-0.15, -0.1) is 24.8 Å². The zero-order chi connectivity index (χ0) is 15.8. The Labute approximate surface area is 161 Å². The fourth-order valence-electron chi connectivity index (χ4n) is 2.57. The fourth-order valence-corrected chi connectivity index (χ4v) is 2.75. The number of anilines is 1. The second-order valence-electron chi connectivity index (χ2n) is 5.54. The highest BCUT2D eigenvalue weighted by Gasteiger charge is 2.13. The summed E-state index contributed by atoms with van der Waals surface area (Å²) < 4.78 is 5.26. The van der Waals surface area contributed by atoms with Gasteiger partial charge >= 0.3 is 0 Å². The van der Waals surface area contributed by atoms with Crippen LogP contribution >= 0.6 is 36.4 Å². The van der Waals surface area contributed by atoms with Gasteiger partial charge in [0.1, 0.15) is 5.75 Å². The predicted octanol–water partition coefficient (Wildman–Crippen LogP) is 3.11. The number of benzene rings is 1. The van der Waals surface area contributed by atoms with E-state index in [-0.39, 0.29) is 30.7 Å². The minimum absolute atomic E-state index is 0. The summed E-state index contributed by atoms with van der Waals surface area (Å²) in [5.74, 6) is 1.34. The molecule has 1 unspecified atom stereocenters. The molecule has 8 heteroatoms. The summed E-state index contributed by atoms with van der Waals surface area (Å²) in [6.45, 7) is 3.39. The van der Waals surface area contributed by atoms with E-state index >= 15 is 0 Å². The largest absolute Gasteiger partial charge is 0.495 e. The number of halogens is 3. The van der Waals surface area contributed by atoms with Gasteiger partial charge in [-0.3, -0.25) is 4.79 Å². The van der Waals surface area contributed by atoms with E-state index in [1.54, 1.807) is 25.3 Å². The maximum atomic E-state index is 11.9. The first-order valence-electron chi connectivity index (χ1n) is 7.74. The molecule has 5 nitrogen and oxygen atoms in total. The lowest BCUT2D eigenvalue weighted by Gasteiger charge is -2.22. The van der Waals surface area contributed by atoms with Gasteiger partial charge in [0.05, 0.1) is 12.8 Å². The Balaban J connectivity index is 0.00000264. The minimum Gasteiger partial charge on any atom is -0.495 e. The van der Waals surface area contributed by atoms with Crippen molar-refractivity contribution < 1.29 is 9.53 Å². The smallest absolute Gasteiger partial charge is 0.221 e. The molecule has 0 aliphatic carbocycles. The van der Waals surface area contributed by atoms with Gasteiger partial charge in [-0.25, -0.2) is 0 Å². The standard InChI is InChI=1S/C16H24ClN3O2.2ClH/c1-22-15-5-4-13(17)9-14(15)19-8-6-16(21)20-11-12-3-2-7-18-10-12;;/h4-5,9,12,18-19H,2-3,6-8,10-11H2,1H3,(H,20,21);2*1H. The molecule has 0 bridgehead atoms. The number of ether oxygens (including phenoxy) is 1. The van der Waals surface area contributed by atoms with E-state index < -0.39 is 0 Å². The van der Waals surface area contributed by atoms with Gasteiger partial charge in [-0.05, 0) is 50.0 Å². The van der Waals surface area contributed by atoms with Gasteiger partial charge in [0.15, 0.2) is 0 Å². The third-order valence-corrected chi connectivity index (χ3v) is 4.05. The summed E-state index contributed by atoms with van der Waals surface area (Å²) in [5.41, 5.74) is 0.805. The lowest BCUT2D eigenvalue weighted by atomic mass is 10.00. The number of nitrogens with one attached hydrogen (secondary N) is 3. The van der Waals surface area contributed by atoms with Crippen LogP contribution < -0.4 is 20.7 Å². The average molecular weight is 399 g/mol. The van der Waals surface area contributed by atoms with Crippen molar-refractivity contribution in [1.29, 1.82) is 0 Å². The summed E-state index contributed by atoms with van der Waals surface area (Å²) in [6, 6.07) is 5.38. The highest BCUT2D eigenvalue weighted by atomic mass is 35.5. The molecular formula is C16H26Cl3N3O2. The summed E-state index contributed by atoms with van der Waals surface area (Å²) in [6.07, 6.45) is 2.80. The lowest BCUT2D eigenvalue weighted by molar-refractivity contribution is -0.121. The molecular weight excluding hydrogens is 373 g/mol. The van der Waals surface area contributed by atoms with Crippen molar-refractivity contribution in [3.8, 4) is 5.75 Å². The monoisotopic (exact) mass is 397 g/mol. The first-order chi connectivity index (χ1) is 10.7.